The molecule has 0 saturated carbocycles. The summed E-state index contributed by atoms with van der Waals surface area (Å²) in [6.45, 7) is 3.71. The third-order valence-electron chi connectivity index (χ3n) is 2.82. The summed E-state index contributed by atoms with van der Waals surface area (Å²) in [5, 5.41) is 2.94. The lowest BCUT2D eigenvalue weighted by Gasteiger charge is -2.10. The van der Waals surface area contributed by atoms with Crippen molar-refractivity contribution in [3.8, 4) is 5.75 Å². The molecule has 3 nitrogen and oxygen atoms in total. The number of hydrogen-bond acceptors (Lipinski definition) is 3. The molecule has 2 aromatic rings. The number of anilines is 1. The third-order valence-corrected chi connectivity index (χ3v) is 3.89. The first-order valence-corrected chi connectivity index (χ1v) is 7.51. The van der Waals surface area contributed by atoms with E-state index in [-0.39, 0.29) is 5.91 Å². The Balaban J connectivity index is 2.17. The van der Waals surface area contributed by atoms with E-state index in [9.17, 15) is 4.79 Å². The molecule has 2 aromatic carbocycles. The Morgan fingerprint density at radius 2 is 2.10 bits per heavy atom. The zero-order chi connectivity index (χ0) is 15.1. The van der Waals surface area contributed by atoms with Crippen molar-refractivity contribution >= 4 is 23.4 Å². The Labute approximate surface area is 129 Å². The molecule has 108 valence electrons. The van der Waals surface area contributed by atoms with Crippen LogP contribution in [0, 0.1) is 0 Å². The summed E-state index contributed by atoms with van der Waals surface area (Å²) in [7, 11) is 1.58. The normalized spacial score (nSPS) is 9.95. The maximum atomic E-state index is 12.3. The van der Waals surface area contributed by atoms with Gasteiger partial charge in [0.2, 0.25) is 0 Å². The van der Waals surface area contributed by atoms with Gasteiger partial charge in [0.1, 0.15) is 5.75 Å². The van der Waals surface area contributed by atoms with Crippen LogP contribution in [0.2, 0.25) is 0 Å². The molecule has 0 spiro atoms. The van der Waals surface area contributed by atoms with Crippen LogP contribution in [0.1, 0.15) is 10.4 Å². The molecular weight excluding hydrogens is 282 g/mol. The molecule has 0 aliphatic rings. The summed E-state index contributed by atoms with van der Waals surface area (Å²) in [6.07, 6.45) is 1.84. The molecule has 0 radical (unpaired) electrons. The van der Waals surface area contributed by atoms with Gasteiger partial charge in [-0.2, -0.15) is 0 Å². The highest BCUT2D eigenvalue weighted by molar-refractivity contribution is 7.99. The number of nitrogens with one attached hydrogen (secondary N) is 1. The monoisotopic (exact) mass is 299 g/mol. The first kappa shape index (κ1) is 15.2. The van der Waals surface area contributed by atoms with Crippen molar-refractivity contribution in [2.75, 3.05) is 18.2 Å². The number of benzene rings is 2. The maximum Gasteiger partial charge on any atom is 0.255 e. The SMILES string of the molecule is C=CCSc1ccccc1NC(=O)c1cccc(OC)c1. The second kappa shape index (κ2) is 7.55. The van der Waals surface area contributed by atoms with Crippen LogP contribution >= 0.6 is 11.8 Å². The number of ether oxygens (including phenoxy) is 1. The zero-order valence-electron chi connectivity index (χ0n) is 11.8. The van der Waals surface area contributed by atoms with Crippen LogP contribution in [0.5, 0.6) is 5.75 Å². The maximum absolute atomic E-state index is 12.3. The van der Waals surface area contributed by atoms with E-state index in [4.69, 9.17) is 4.74 Å². The fourth-order valence-corrected chi connectivity index (χ4v) is 2.55. The van der Waals surface area contributed by atoms with Crippen LogP contribution in [0.15, 0.2) is 66.1 Å². The van der Waals surface area contributed by atoms with Gasteiger partial charge >= 0.3 is 0 Å². The lowest BCUT2D eigenvalue weighted by molar-refractivity contribution is 0.102. The summed E-state index contributed by atoms with van der Waals surface area (Å²) in [6, 6.07) is 14.8. The van der Waals surface area contributed by atoms with E-state index in [1.807, 2.05) is 36.4 Å². The highest BCUT2D eigenvalue weighted by Gasteiger charge is 2.09. The van der Waals surface area contributed by atoms with E-state index in [0.29, 0.717) is 11.3 Å². The minimum Gasteiger partial charge on any atom is -0.497 e. The first-order valence-electron chi connectivity index (χ1n) is 6.52. The van der Waals surface area contributed by atoms with E-state index in [2.05, 4.69) is 11.9 Å². The number of thioether (sulfide) groups is 1. The van der Waals surface area contributed by atoms with Crippen LogP contribution in [-0.2, 0) is 0 Å². The Morgan fingerprint density at radius 3 is 2.86 bits per heavy atom. The van der Waals surface area contributed by atoms with Gasteiger partial charge in [0.25, 0.3) is 5.91 Å². The molecule has 0 bridgehead atoms. The molecular formula is C17H17NO2S. The highest BCUT2D eigenvalue weighted by Crippen LogP contribution is 2.27. The van der Waals surface area contributed by atoms with Crippen LogP contribution in [0.3, 0.4) is 0 Å². The smallest absolute Gasteiger partial charge is 0.255 e. The van der Waals surface area contributed by atoms with Gasteiger partial charge in [-0.25, -0.2) is 0 Å². The van der Waals surface area contributed by atoms with E-state index in [0.717, 1.165) is 16.3 Å². The molecule has 2 rings (SSSR count). The molecule has 0 saturated heterocycles. The number of carbonyl (C=O) groups is 1. The topological polar surface area (TPSA) is 38.3 Å². The summed E-state index contributed by atoms with van der Waals surface area (Å²) < 4.78 is 5.14. The number of methoxy groups -OCH3 is 1. The minimum atomic E-state index is -0.152. The van der Waals surface area contributed by atoms with E-state index in [1.165, 1.54) is 0 Å². The molecule has 0 aliphatic heterocycles. The van der Waals surface area contributed by atoms with Crippen molar-refractivity contribution in [2.24, 2.45) is 0 Å². The van der Waals surface area contributed by atoms with E-state index >= 15 is 0 Å². The summed E-state index contributed by atoms with van der Waals surface area (Å²) in [5.74, 6) is 1.31. The second-order valence-corrected chi connectivity index (χ2v) is 5.34. The van der Waals surface area contributed by atoms with Gasteiger partial charge in [-0.05, 0) is 30.3 Å². The Kier molecular flexibility index (Phi) is 5.46. The average Bonchev–Trinajstić information content (AvgIpc) is 2.54. The lowest BCUT2D eigenvalue weighted by Crippen LogP contribution is -2.12. The van der Waals surface area contributed by atoms with Crippen molar-refractivity contribution in [2.45, 2.75) is 4.90 Å². The zero-order valence-corrected chi connectivity index (χ0v) is 12.7. The van der Waals surface area contributed by atoms with Crippen LogP contribution in [0.25, 0.3) is 0 Å². The van der Waals surface area contributed by atoms with Crippen molar-refractivity contribution < 1.29 is 9.53 Å². The Morgan fingerprint density at radius 1 is 1.29 bits per heavy atom. The van der Waals surface area contributed by atoms with Gasteiger partial charge in [-0.1, -0.05) is 24.3 Å². The fraction of sp³-hybridized carbons (Fsp3) is 0.118. The molecule has 0 fully saturated rings. The largest absolute Gasteiger partial charge is 0.497 e. The Bertz CT molecular complexity index is 640. The molecule has 0 aliphatic carbocycles. The number of rotatable bonds is 6. The van der Waals surface area contributed by atoms with Crippen LogP contribution < -0.4 is 10.1 Å². The average molecular weight is 299 g/mol. The van der Waals surface area contributed by atoms with E-state index < -0.39 is 0 Å². The molecule has 1 amide bonds. The quantitative estimate of drug-likeness (QED) is 0.641. The Hall–Kier alpha value is -2.20. The predicted molar refractivity (Wildman–Crippen MR) is 88.3 cm³/mol. The van der Waals surface area contributed by atoms with Gasteiger partial charge in [-0.15, -0.1) is 18.3 Å². The summed E-state index contributed by atoms with van der Waals surface area (Å²) in [5.41, 5.74) is 1.37. The molecule has 21 heavy (non-hydrogen) atoms. The number of para-hydroxylation sites is 1. The second-order valence-electron chi connectivity index (χ2n) is 4.28. The van der Waals surface area contributed by atoms with Crippen molar-refractivity contribution in [3.05, 3.63) is 66.7 Å². The van der Waals surface area contributed by atoms with Crippen molar-refractivity contribution in [1.29, 1.82) is 0 Å². The molecule has 0 aromatic heterocycles. The lowest BCUT2D eigenvalue weighted by atomic mass is 10.2. The predicted octanol–water partition coefficient (Wildman–Crippen LogP) is 4.23. The van der Waals surface area contributed by atoms with Gasteiger partial charge in [0.05, 0.1) is 12.8 Å². The fourth-order valence-electron chi connectivity index (χ4n) is 1.80. The van der Waals surface area contributed by atoms with E-state index in [1.54, 1.807) is 37.1 Å². The number of amides is 1. The van der Waals surface area contributed by atoms with Gasteiger partial charge in [0, 0.05) is 16.2 Å². The molecule has 0 unspecified atom stereocenters. The van der Waals surface area contributed by atoms with Gasteiger partial charge < -0.3 is 10.1 Å². The summed E-state index contributed by atoms with van der Waals surface area (Å²) in [4.78, 5) is 13.3. The van der Waals surface area contributed by atoms with Crippen LogP contribution in [-0.4, -0.2) is 18.8 Å². The van der Waals surface area contributed by atoms with Gasteiger partial charge in [-0.3, -0.25) is 4.79 Å². The van der Waals surface area contributed by atoms with Crippen molar-refractivity contribution in [3.63, 3.8) is 0 Å². The number of carbonyl (C=O) groups excluding carboxylic acids is 1. The molecule has 0 heterocycles. The van der Waals surface area contributed by atoms with Crippen LogP contribution in [0.4, 0.5) is 5.69 Å². The third kappa shape index (κ3) is 4.13. The molecule has 4 heteroatoms. The summed E-state index contributed by atoms with van der Waals surface area (Å²) >= 11 is 1.63. The minimum absolute atomic E-state index is 0.152. The van der Waals surface area contributed by atoms with Crippen molar-refractivity contribution in [1.82, 2.24) is 0 Å². The number of hydrogen-bond donors (Lipinski definition) is 1. The molecule has 0 atom stereocenters. The molecule has 1 N–H and O–H groups in total. The van der Waals surface area contributed by atoms with Gasteiger partial charge in [0.15, 0.2) is 0 Å². The first-order chi connectivity index (χ1) is 10.2. The highest BCUT2D eigenvalue weighted by atomic mass is 32.2. The standard InChI is InChI=1S/C17H17NO2S/c1-3-11-21-16-10-5-4-9-15(16)18-17(19)13-7-6-8-14(12-13)20-2/h3-10,12H,1,11H2,2H3,(H,18,19).